The van der Waals surface area contributed by atoms with Crippen LogP contribution in [0.1, 0.15) is 16.0 Å². The summed E-state index contributed by atoms with van der Waals surface area (Å²) in [6, 6.07) is 10.1. The lowest BCUT2D eigenvalue weighted by molar-refractivity contribution is -0.129. The second-order valence-corrected chi connectivity index (χ2v) is 7.94. The molecule has 0 aliphatic heterocycles. The van der Waals surface area contributed by atoms with Crippen LogP contribution in [0.25, 0.3) is 11.0 Å². The van der Waals surface area contributed by atoms with Gasteiger partial charge in [-0.2, -0.15) is 0 Å². The number of nitrogens with zero attached hydrogens (tertiary/aromatic N) is 1. The number of hydrogen-bond acceptors (Lipinski definition) is 3. The van der Waals surface area contributed by atoms with Crippen molar-refractivity contribution in [2.45, 2.75) is 19.9 Å². The minimum atomic E-state index is 0.0906. The molecule has 5 heteroatoms. The van der Waals surface area contributed by atoms with Gasteiger partial charge in [0, 0.05) is 22.9 Å². The highest BCUT2D eigenvalue weighted by Gasteiger charge is 2.15. The molecule has 1 amide bonds. The van der Waals surface area contributed by atoms with E-state index in [1.54, 1.807) is 22.5 Å². The van der Waals surface area contributed by atoms with E-state index in [9.17, 15) is 4.79 Å². The number of aryl methyl sites for hydroxylation is 1. The average molecular weight is 378 g/mol. The van der Waals surface area contributed by atoms with Crippen molar-refractivity contribution in [3.05, 3.63) is 56.4 Å². The van der Waals surface area contributed by atoms with Gasteiger partial charge in [0.1, 0.15) is 5.58 Å². The summed E-state index contributed by atoms with van der Waals surface area (Å²) in [4.78, 5) is 15.3. The van der Waals surface area contributed by atoms with Gasteiger partial charge in [0.15, 0.2) is 0 Å². The number of fused-ring (bicyclic) bond motifs is 1. The van der Waals surface area contributed by atoms with Crippen LogP contribution in [-0.4, -0.2) is 17.9 Å². The van der Waals surface area contributed by atoms with Gasteiger partial charge in [-0.1, -0.05) is 12.1 Å². The second kappa shape index (κ2) is 6.26. The van der Waals surface area contributed by atoms with Crippen molar-refractivity contribution >= 4 is 44.1 Å². The van der Waals surface area contributed by atoms with Crippen LogP contribution >= 0.6 is 27.3 Å². The van der Waals surface area contributed by atoms with Crippen LogP contribution in [0.15, 0.2) is 44.8 Å². The molecular formula is C17H16BrNO2S. The molecule has 0 bridgehead atoms. The topological polar surface area (TPSA) is 33.5 Å². The van der Waals surface area contributed by atoms with E-state index < -0.39 is 0 Å². The number of furan rings is 1. The third-order valence-electron chi connectivity index (χ3n) is 3.60. The van der Waals surface area contributed by atoms with Gasteiger partial charge in [-0.15, -0.1) is 11.3 Å². The van der Waals surface area contributed by atoms with Crippen LogP contribution in [0.2, 0.25) is 0 Å². The summed E-state index contributed by atoms with van der Waals surface area (Å²) in [5.41, 5.74) is 2.94. The fraction of sp³-hybridized carbons (Fsp3) is 0.235. The van der Waals surface area contributed by atoms with E-state index >= 15 is 0 Å². The first-order valence-electron chi connectivity index (χ1n) is 6.98. The molecular weight excluding hydrogens is 362 g/mol. The zero-order valence-corrected chi connectivity index (χ0v) is 14.8. The lowest BCUT2D eigenvalue weighted by atomic mass is 10.1. The van der Waals surface area contributed by atoms with Gasteiger partial charge >= 0.3 is 0 Å². The maximum absolute atomic E-state index is 12.4. The fourth-order valence-corrected chi connectivity index (χ4v) is 3.92. The Morgan fingerprint density at radius 2 is 2.14 bits per heavy atom. The summed E-state index contributed by atoms with van der Waals surface area (Å²) in [6.45, 7) is 2.66. The first-order chi connectivity index (χ1) is 10.5. The molecule has 2 heterocycles. The van der Waals surface area contributed by atoms with Crippen LogP contribution in [0, 0.1) is 6.92 Å². The Kier molecular flexibility index (Phi) is 4.36. The molecule has 22 heavy (non-hydrogen) atoms. The maximum atomic E-state index is 12.4. The van der Waals surface area contributed by atoms with Crippen molar-refractivity contribution in [1.82, 2.24) is 4.90 Å². The zero-order chi connectivity index (χ0) is 15.7. The van der Waals surface area contributed by atoms with Crippen LogP contribution in [0.5, 0.6) is 0 Å². The van der Waals surface area contributed by atoms with E-state index in [1.165, 1.54) is 0 Å². The largest absolute Gasteiger partial charge is 0.464 e. The van der Waals surface area contributed by atoms with E-state index in [4.69, 9.17) is 4.42 Å². The van der Waals surface area contributed by atoms with Crippen molar-refractivity contribution in [3.63, 3.8) is 0 Å². The molecule has 3 aromatic rings. The van der Waals surface area contributed by atoms with Crippen LogP contribution < -0.4 is 0 Å². The van der Waals surface area contributed by atoms with Crippen LogP contribution in [0.3, 0.4) is 0 Å². The Bertz CT molecular complexity index is 821. The van der Waals surface area contributed by atoms with E-state index in [-0.39, 0.29) is 5.91 Å². The number of hydrogen-bond donors (Lipinski definition) is 0. The van der Waals surface area contributed by atoms with E-state index in [0.29, 0.717) is 13.0 Å². The first-order valence-corrected chi connectivity index (χ1v) is 8.59. The molecule has 0 spiro atoms. The Labute approximate surface area is 141 Å². The van der Waals surface area contributed by atoms with Crippen LogP contribution in [-0.2, 0) is 17.8 Å². The number of benzene rings is 1. The first kappa shape index (κ1) is 15.3. The molecule has 3 rings (SSSR count). The Morgan fingerprint density at radius 3 is 2.86 bits per heavy atom. The number of carbonyl (C=O) groups excluding carboxylic acids is 1. The molecule has 0 fully saturated rings. The van der Waals surface area contributed by atoms with Gasteiger partial charge in [0.2, 0.25) is 5.91 Å². The summed E-state index contributed by atoms with van der Waals surface area (Å²) < 4.78 is 6.64. The number of halogens is 1. The summed E-state index contributed by atoms with van der Waals surface area (Å²) in [5, 5.41) is 1.02. The van der Waals surface area contributed by atoms with Crippen molar-refractivity contribution in [2.24, 2.45) is 0 Å². The van der Waals surface area contributed by atoms with E-state index in [1.807, 2.05) is 44.3 Å². The lowest BCUT2D eigenvalue weighted by Gasteiger charge is -2.15. The number of rotatable bonds is 4. The highest BCUT2D eigenvalue weighted by Crippen LogP contribution is 2.25. The maximum Gasteiger partial charge on any atom is 0.227 e. The molecule has 0 atom stereocenters. The molecule has 3 nitrogen and oxygen atoms in total. The molecule has 0 aliphatic carbocycles. The average Bonchev–Trinajstić information content (AvgIpc) is 3.05. The Hall–Kier alpha value is -1.59. The summed E-state index contributed by atoms with van der Waals surface area (Å²) in [5.74, 6) is 0.0906. The van der Waals surface area contributed by atoms with Gasteiger partial charge in [0.05, 0.1) is 23.0 Å². The smallest absolute Gasteiger partial charge is 0.227 e. The molecule has 2 aromatic heterocycles. The van der Waals surface area contributed by atoms with Gasteiger partial charge in [0.25, 0.3) is 0 Å². The molecule has 0 unspecified atom stereocenters. The normalized spacial score (nSPS) is 11.0. The summed E-state index contributed by atoms with van der Waals surface area (Å²) >= 11 is 5.09. The van der Waals surface area contributed by atoms with Gasteiger partial charge in [-0.3, -0.25) is 4.79 Å². The zero-order valence-electron chi connectivity index (χ0n) is 12.4. The van der Waals surface area contributed by atoms with Crippen molar-refractivity contribution in [1.29, 1.82) is 0 Å². The van der Waals surface area contributed by atoms with Crippen LogP contribution in [0.4, 0.5) is 0 Å². The fourth-order valence-electron chi connectivity index (χ4n) is 2.38. The Morgan fingerprint density at radius 1 is 1.32 bits per heavy atom. The minimum Gasteiger partial charge on any atom is -0.464 e. The highest BCUT2D eigenvalue weighted by molar-refractivity contribution is 9.11. The number of carbonyl (C=O) groups is 1. The van der Waals surface area contributed by atoms with Gasteiger partial charge in [-0.05, 0) is 46.6 Å². The third kappa shape index (κ3) is 3.25. The molecule has 0 saturated heterocycles. The second-order valence-electron chi connectivity index (χ2n) is 5.39. The summed E-state index contributed by atoms with van der Waals surface area (Å²) in [6.07, 6.45) is 2.05. The van der Waals surface area contributed by atoms with Crippen molar-refractivity contribution in [2.75, 3.05) is 7.05 Å². The molecule has 1 aromatic carbocycles. The van der Waals surface area contributed by atoms with Crippen molar-refractivity contribution in [3.8, 4) is 0 Å². The molecule has 0 saturated carbocycles. The van der Waals surface area contributed by atoms with E-state index in [0.717, 1.165) is 30.8 Å². The van der Waals surface area contributed by atoms with E-state index in [2.05, 4.69) is 15.9 Å². The quantitative estimate of drug-likeness (QED) is 0.656. The Balaban J connectivity index is 1.72. The predicted octanol–water partition coefficient (Wildman–Crippen LogP) is 4.77. The molecule has 114 valence electrons. The SMILES string of the molecule is Cc1ccc2c(CC(=O)N(C)Cc3ccc(Br)s3)coc2c1. The van der Waals surface area contributed by atoms with Gasteiger partial charge in [-0.25, -0.2) is 0 Å². The lowest BCUT2D eigenvalue weighted by Crippen LogP contribution is -2.27. The number of likely N-dealkylation sites (N-methyl/N-ethyl adjacent to an activating group) is 1. The summed E-state index contributed by atoms with van der Waals surface area (Å²) in [7, 11) is 1.84. The standard InChI is InChI=1S/C17H16BrNO2S/c1-11-3-5-14-12(10-21-15(14)7-11)8-17(20)19(2)9-13-4-6-16(18)22-13/h3-7,10H,8-9H2,1-2H3. The molecule has 0 aliphatic rings. The number of thiophene rings is 1. The van der Waals surface area contributed by atoms with Gasteiger partial charge < -0.3 is 9.32 Å². The number of amides is 1. The predicted molar refractivity (Wildman–Crippen MR) is 93.1 cm³/mol. The molecule has 0 N–H and O–H groups in total. The monoisotopic (exact) mass is 377 g/mol. The highest BCUT2D eigenvalue weighted by atomic mass is 79.9. The third-order valence-corrected chi connectivity index (χ3v) is 5.21. The molecule has 0 radical (unpaired) electrons. The minimum absolute atomic E-state index is 0.0906. The van der Waals surface area contributed by atoms with Crippen molar-refractivity contribution < 1.29 is 9.21 Å².